The van der Waals surface area contributed by atoms with Gasteiger partial charge in [-0.1, -0.05) is 155 Å². The average molecular weight is 655 g/mol. The zero-order chi connectivity index (χ0) is 34.4. The minimum Gasteiger partial charge on any atom is -0.327 e. The summed E-state index contributed by atoms with van der Waals surface area (Å²) in [5.41, 5.74) is 0.787. The molecule has 5 atom stereocenters. The van der Waals surface area contributed by atoms with E-state index < -0.39 is 6.04 Å². The number of allylic oxidation sites excluding steroid dienone is 2. The van der Waals surface area contributed by atoms with Crippen LogP contribution in [-0.4, -0.2) is 46.7 Å². The van der Waals surface area contributed by atoms with Crippen molar-refractivity contribution in [3.8, 4) is 0 Å². The zero-order valence-corrected chi connectivity index (χ0v) is 31.5. The maximum atomic E-state index is 13.3. The molecule has 5 unspecified atom stereocenters. The summed E-state index contributed by atoms with van der Waals surface area (Å²) in [5, 5.41) is 0. The van der Waals surface area contributed by atoms with Crippen LogP contribution in [0, 0.1) is 23.7 Å². The standard InChI is InChI=1S/C42H74N2O3/c1-7-10-13-16-20-25-37-35(6)28-29-36(24-19-11-8-2)38(37)26-21-17-14-15-18-23-32-44-41(46)33-39(42(44)47)43(31-22-12-9-3)40(45)30-27-34(4)5/h27,30,35-39H,4,7-26,28-29,31-33H2,1-3,5-6H3/b30-27+. The Bertz CT molecular complexity index is 942. The van der Waals surface area contributed by atoms with Gasteiger partial charge in [-0.15, -0.1) is 0 Å². The molecule has 1 saturated heterocycles. The summed E-state index contributed by atoms with van der Waals surface area (Å²) < 4.78 is 0. The molecule has 0 aromatic rings. The number of nitrogens with zero attached hydrogens (tertiary/aromatic N) is 2. The summed E-state index contributed by atoms with van der Waals surface area (Å²) in [6.07, 6.45) is 31.4. The Labute approximate surface area is 290 Å². The summed E-state index contributed by atoms with van der Waals surface area (Å²) in [6, 6.07) is -0.671. The number of rotatable bonds is 26. The van der Waals surface area contributed by atoms with Crippen molar-refractivity contribution in [3.63, 3.8) is 0 Å². The number of carbonyl (C=O) groups is 3. The topological polar surface area (TPSA) is 57.7 Å². The second-order valence-electron chi connectivity index (χ2n) is 15.3. The number of hydrogen-bond acceptors (Lipinski definition) is 3. The molecule has 1 aliphatic carbocycles. The molecule has 3 amide bonds. The number of unbranched alkanes of at least 4 members (excludes halogenated alkanes) is 13. The lowest BCUT2D eigenvalue weighted by atomic mass is 9.63. The molecule has 0 bridgehead atoms. The first-order valence-electron chi connectivity index (χ1n) is 20.2. The molecule has 5 nitrogen and oxygen atoms in total. The van der Waals surface area contributed by atoms with Crippen LogP contribution in [0.25, 0.3) is 0 Å². The first-order chi connectivity index (χ1) is 22.7. The maximum absolute atomic E-state index is 13.3. The molecular formula is C42H74N2O3. The lowest BCUT2D eigenvalue weighted by Crippen LogP contribution is -2.45. The first kappa shape index (κ1) is 41.3. The van der Waals surface area contributed by atoms with Crippen molar-refractivity contribution < 1.29 is 14.4 Å². The molecule has 1 heterocycles. The molecular weight excluding hydrogens is 580 g/mol. The number of amides is 3. The fourth-order valence-electron chi connectivity index (χ4n) is 8.39. The molecule has 0 aromatic carbocycles. The van der Waals surface area contributed by atoms with E-state index in [1.165, 1.54) is 114 Å². The molecule has 1 aliphatic heterocycles. The summed E-state index contributed by atoms with van der Waals surface area (Å²) in [5.74, 6) is 3.15. The van der Waals surface area contributed by atoms with Crippen molar-refractivity contribution in [3.05, 3.63) is 24.3 Å². The molecule has 1 saturated carbocycles. The second-order valence-corrected chi connectivity index (χ2v) is 15.3. The molecule has 0 radical (unpaired) electrons. The van der Waals surface area contributed by atoms with Crippen LogP contribution >= 0.6 is 0 Å². The number of hydrogen-bond donors (Lipinski definition) is 0. The third-order valence-corrected chi connectivity index (χ3v) is 11.3. The Morgan fingerprint density at radius 1 is 0.745 bits per heavy atom. The molecule has 2 fully saturated rings. The summed E-state index contributed by atoms with van der Waals surface area (Å²) >= 11 is 0. The van der Waals surface area contributed by atoms with Gasteiger partial charge in [-0.2, -0.15) is 0 Å². The van der Waals surface area contributed by atoms with E-state index >= 15 is 0 Å². The van der Waals surface area contributed by atoms with E-state index in [1.54, 1.807) is 11.0 Å². The van der Waals surface area contributed by atoms with Gasteiger partial charge in [0.05, 0.1) is 6.42 Å². The second kappa shape index (κ2) is 24.3. The van der Waals surface area contributed by atoms with E-state index in [0.717, 1.165) is 67.8 Å². The lowest BCUT2D eigenvalue weighted by molar-refractivity contribution is -0.142. The highest BCUT2D eigenvalue weighted by molar-refractivity contribution is 6.07. The minimum absolute atomic E-state index is 0.108. The van der Waals surface area contributed by atoms with Crippen molar-refractivity contribution in [1.82, 2.24) is 9.80 Å². The number of carbonyl (C=O) groups excluding carboxylic acids is 3. The van der Waals surface area contributed by atoms with Crippen LogP contribution < -0.4 is 0 Å². The Kier molecular flexibility index (Phi) is 21.3. The largest absolute Gasteiger partial charge is 0.327 e. The first-order valence-corrected chi connectivity index (χ1v) is 20.2. The minimum atomic E-state index is -0.671. The van der Waals surface area contributed by atoms with Crippen LogP contribution in [0.5, 0.6) is 0 Å². The Morgan fingerprint density at radius 2 is 1.30 bits per heavy atom. The van der Waals surface area contributed by atoms with Gasteiger partial charge in [-0.3, -0.25) is 19.3 Å². The summed E-state index contributed by atoms with van der Waals surface area (Å²) in [7, 11) is 0. The Morgan fingerprint density at radius 3 is 1.96 bits per heavy atom. The highest BCUT2D eigenvalue weighted by Gasteiger charge is 2.42. The Balaban J connectivity index is 1.80. The van der Waals surface area contributed by atoms with Crippen molar-refractivity contribution in [1.29, 1.82) is 0 Å². The van der Waals surface area contributed by atoms with Gasteiger partial charge in [0.1, 0.15) is 6.04 Å². The van der Waals surface area contributed by atoms with Crippen LogP contribution in [0.3, 0.4) is 0 Å². The van der Waals surface area contributed by atoms with Crippen LogP contribution in [0.15, 0.2) is 24.3 Å². The predicted octanol–water partition coefficient (Wildman–Crippen LogP) is 11.2. The normalized spacial score (nSPS) is 23.3. The molecule has 0 aromatic heterocycles. The van der Waals surface area contributed by atoms with Gasteiger partial charge in [0, 0.05) is 19.2 Å². The fraction of sp³-hybridized carbons (Fsp3) is 0.833. The highest BCUT2D eigenvalue weighted by Crippen LogP contribution is 2.46. The van der Waals surface area contributed by atoms with Gasteiger partial charge in [-0.05, 0) is 62.7 Å². The highest BCUT2D eigenvalue weighted by atomic mass is 16.2. The summed E-state index contributed by atoms with van der Waals surface area (Å²) in [6.45, 7) is 16.0. The third-order valence-electron chi connectivity index (χ3n) is 11.3. The van der Waals surface area contributed by atoms with Gasteiger partial charge in [0.15, 0.2) is 0 Å². The van der Waals surface area contributed by atoms with E-state index in [9.17, 15) is 14.4 Å². The smallest absolute Gasteiger partial charge is 0.252 e. The van der Waals surface area contributed by atoms with E-state index in [0.29, 0.717) is 13.1 Å². The van der Waals surface area contributed by atoms with Crippen molar-refractivity contribution in [2.45, 2.75) is 188 Å². The van der Waals surface area contributed by atoms with E-state index in [1.807, 2.05) is 6.92 Å². The monoisotopic (exact) mass is 655 g/mol. The SMILES string of the molecule is C=C(C)/C=C/C(=O)N(CCCCC)C1CC(=O)N(CCCCCCCCC2C(CCCCC)CCC(C)C2CCCCCCC)C1=O. The maximum Gasteiger partial charge on any atom is 0.252 e. The summed E-state index contributed by atoms with van der Waals surface area (Å²) in [4.78, 5) is 42.2. The van der Waals surface area contributed by atoms with Crippen molar-refractivity contribution in [2.75, 3.05) is 13.1 Å². The van der Waals surface area contributed by atoms with Crippen LogP contribution in [0.1, 0.15) is 182 Å². The number of imide groups is 1. The van der Waals surface area contributed by atoms with Gasteiger partial charge >= 0.3 is 0 Å². The Hall–Kier alpha value is -1.91. The van der Waals surface area contributed by atoms with Gasteiger partial charge in [0.2, 0.25) is 11.8 Å². The molecule has 2 rings (SSSR count). The van der Waals surface area contributed by atoms with Crippen molar-refractivity contribution >= 4 is 17.7 Å². The van der Waals surface area contributed by atoms with Gasteiger partial charge < -0.3 is 4.90 Å². The van der Waals surface area contributed by atoms with E-state index in [-0.39, 0.29) is 24.1 Å². The molecule has 0 N–H and O–H groups in total. The van der Waals surface area contributed by atoms with Crippen LogP contribution in [0.4, 0.5) is 0 Å². The van der Waals surface area contributed by atoms with Crippen LogP contribution in [0.2, 0.25) is 0 Å². The molecule has 47 heavy (non-hydrogen) atoms. The molecule has 0 spiro atoms. The van der Waals surface area contributed by atoms with Gasteiger partial charge in [0.25, 0.3) is 5.91 Å². The zero-order valence-electron chi connectivity index (χ0n) is 31.5. The quantitative estimate of drug-likeness (QED) is 0.0403. The number of likely N-dealkylation sites (tertiary alicyclic amines) is 1. The fourth-order valence-corrected chi connectivity index (χ4v) is 8.39. The molecule has 5 heteroatoms. The average Bonchev–Trinajstić information content (AvgIpc) is 3.33. The predicted molar refractivity (Wildman–Crippen MR) is 199 cm³/mol. The van der Waals surface area contributed by atoms with Crippen LogP contribution in [-0.2, 0) is 14.4 Å². The van der Waals surface area contributed by atoms with E-state index in [2.05, 4.69) is 34.3 Å². The van der Waals surface area contributed by atoms with Gasteiger partial charge in [-0.25, -0.2) is 0 Å². The molecule has 270 valence electrons. The van der Waals surface area contributed by atoms with Crippen molar-refractivity contribution in [2.24, 2.45) is 23.7 Å². The lowest BCUT2D eigenvalue weighted by Gasteiger charge is -2.43. The van der Waals surface area contributed by atoms with E-state index in [4.69, 9.17) is 0 Å². The molecule has 2 aliphatic rings. The third kappa shape index (κ3) is 15.0.